The molecule has 5 heteroatoms. The van der Waals surface area contributed by atoms with Gasteiger partial charge in [-0.15, -0.1) is 0 Å². The first-order chi connectivity index (χ1) is 20.4. The van der Waals surface area contributed by atoms with Crippen molar-refractivity contribution in [3.05, 3.63) is 0 Å². The van der Waals surface area contributed by atoms with E-state index >= 15 is 0 Å². The molecule has 0 rings (SSSR count). The van der Waals surface area contributed by atoms with E-state index in [0.717, 1.165) is 43.9 Å². The van der Waals surface area contributed by atoms with E-state index in [2.05, 4.69) is 27.7 Å². The van der Waals surface area contributed by atoms with Gasteiger partial charge < -0.3 is 14.6 Å². The normalized spacial score (nSPS) is 12.9. The summed E-state index contributed by atoms with van der Waals surface area (Å²) in [4.78, 5) is 24.1. The predicted octanol–water partition coefficient (Wildman–Crippen LogP) is 10.9. The van der Waals surface area contributed by atoms with Crippen LogP contribution in [0.4, 0.5) is 0 Å². The second-order valence-electron chi connectivity index (χ2n) is 13.4. The second kappa shape index (κ2) is 31.3. The van der Waals surface area contributed by atoms with Gasteiger partial charge in [0.2, 0.25) is 0 Å². The Bertz CT molecular complexity index is 591. The number of carbonyl (C=O) groups is 2. The molecule has 0 aromatic heterocycles. The maximum atomic E-state index is 12.1. The van der Waals surface area contributed by atoms with E-state index in [4.69, 9.17) is 9.47 Å². The third-order valence-electron chi connectivity index (χ3n) is 8.62. The molecule has 5 nitrogen and oxygen atoms in total. The Morgan fingerprint density at radius 1 is 0.548 bits per heavy atom. The predicted molar refractivity (Wildman–Crippen MR) is 178 cm³/mol. The number of aliphatic hydroxyl groups is 1. The van der Waals surface area contributed by atoms with Crippen molar-refractivity contribution >= 4 is 11.9 Å². The molecule has 1 unspecified atom stereocenters. The highest BCUT2D eigenvalue weighted by Gasteiger charge is 2.16. The molecule has 0 bridgehead atoms. The maximum absolute atomic E-state index is 12.1. The molecule has 0 amide bonds. The molecule has 42 heavy (non-hydrogen) atoms. The lowest BCUT2D eigenvalue weighted by molar-refractivity contribution is -0.161. The number of esters is 2. The van der Waals surface area contributed by atoms with Crippen LogP contribution in [0.25, 0.3) is 0 Å². The standard InChI is InChI=1S/C37H72O5/c1-5-34(4)28-24-20-16-12-10-8-6-7-9-11-13-17-21-25-29-36(39)41-32-35(31-38)42-37(40)30-26-22-18-14-15-19-23-27-33(2)3/h33-35,38H,5-32H2,1-4H3/t34?,35-/m0/s1. The van der Waals surface area contributed by atoms with Crippen molar-refractivity contribution in [2.45, 2.75) is 201 Å². The van der Waals surface area contributed by atoms with Crippen LogP contribution in [-0.2, 0) is 19.1 Å². The van der Waals surface area contributed by atoms with Crippen molar-refractivity contribution in [1.29, 1.82) is 0 Å². The second-order valence-corrected chi connectivity index (χ2v) is 13.4. The minimum Gasteiger partial charge on any atom is -0.462 e. The Hall–Kier alpha value is -1.10. The molecular formula is C37H72O5. The summed E-state index contributed by atoms with van der Waals surface area (Å²) < 4.78 is 10.6. The fraction of sp³-hybridized carbons (Fsp3) is 0.946. The van der Waals surface area contributed by atoms with Crippen LogP contribution in [0.3, 0.4) is 0 Å². The Morgan fingerprint density at radius 3 is 1.33 bits per heavy atom. The first-order valence-corrected chi connectivity index (χ1v) is 18.3. The summed E-state index contributed by atoms with van der Waals surface area (Å²) >= 11 is 0. The van der Waals surface area contributed by atoms with Crippen molar-refractivity contribution in [2.75, 3.05) is 13.2 Å². The number of carbonyl (C=O) groups excluding carboxylic acids is 2. The first-order valence-electron chi connectivity index (χ1n) is 18.3. The van der Waals surface area contributed by atoms with E-state index in [1.54, 1.807) is 0 Å². The van der Waals surface area contributed by atoms with Gasteiger partial charge in [-0.1, -0.05) is 169 Å². The molecule has 0 radical (unpaired) electrons. The number of hydrogen-bond donors (Lipinski definition) is 1. The smallest absolute Gasteiger partial charge is 0.306 e. The Balaban J connectivity index is 3.51. The topological polar surface area (TPSA) is 72.8 Å². The lowest BCUT2D eigenvalue weighted by atomic mass is 9.99. The van der Waals surface area contributed by atoms with Gasteiger partial charge in [0.25, 0.3) is 0 Å². The Morgan fingerprint density at radius 2 is 0.929 bits per heavy atom. The van der Waals surface area contributed by atoms with Crippen molar-refractivity contribution in [2.24, 2.45) is 11.8 Å². The van der Waals surface area contributed by atoms with Crippen molar-refractivity contribution in [3.8, 4) is 0 Å². The van der Waals surface area contributed by atoms with Crippen LogP contribution in [0.1, 0.15) is 195 Å². The zero-order valence-corrected chi connectivity index (χ0v) is 28.6. The molecule has 0 aromatic rings. The van der Waals surface area contributed by atoms with Crippen LogP contribution in [0, 0.1) is 11.8 Å². The summed E-state index contributed by atoms with van der Waals surface area (Å²) in [6, 6.07) is 0. The maximum Gasteiger partial charge on any atom is 0.306 e. The molecule has 0 aliphatic rings. The summed E-state index contributed by atoms with van der Waals surface area (Å²) in [5.41, 5.74) is 0. The van der Waals surface area contributed by atoms with Crippen LogP contribution < -0.4 is 0 Å². The zero-order chi connectivity index (χ0) is 31.1. The molecule has 0 aromatic carbocycles. The van der Waals surface area contributed by atoms with Gasteiger partial charge >= 0.3 is 11.9 Å². The zero-order valence-electron chi connectivity index (χ0n) is 28.6. The average molecular weight is 597 g/mol. The summed E-state index contributed by atoms with van der Waals surface area (Å²) in [6.45, 7) is 8.82. The molecule has 0 aliphatic heterocycles. The van der Waals surface area contributed by atoms with Crippen molar-refractivity contribution < 1.29 is 24.2 Å². The van der Waals surface area contributed by atoms with Gasteiger partial charge in [-0.25, -0.2) is 0 Å². The monoisotopic (exact) mass is 597 g/mol. The third kappa shape index (κ3) is 30.4. The number of unbranched alkanes of at least 4 members (excludes halogenated alkanes) is 19. The van der Waals surface area contributed by atoms with Crippen LogP contribution in [0.5, 0.6) is 0 Å². The van der Waals surface area contributed by atoms with Gasteiger partial charge in [0.05, 0.1) is 6.61 Å². The minimum atomic E-state index is -0.762. The number of hydrogen-bond acceptors (Lipinski definition) is 5. The van der Waals surface area contributed by atoms with E-state index in [1.807, 2.05) is 0 Å². The van der Waals surface area contributed by atoms with Gasteiger partial charge in [0.15, 0.2) is 6.10 Å². The summed E-state index contributed by atoms with van der Waals surface area (Å²) in [5.74, 6) is 1.11. The summed E-state index contributed by atoms with van der Waals surface area (Å²) in [6.07, 6.45) is 30.2. The molecule has 2 atom stereocenters. The molecular weight excluding hydrogens is 524 g/mol. The van der Waals surface area contributed by atoms with E-state index in [1.165, 1.54) is 122 Å². The highest BCUT2D eigenvalue weighted by molar-refractivity contribution is 5.70. The number of rotatable bonds is 32. The van der Waals surface area contributed by atoms with Crippen LogP contribution >= 0.6 is 0 Å². The van der Waals surface area contributed by atoms with Gasteiger partial charge in [-0.2, -0.15) is 0 Å². The number of aliphatic hydroxyl groups excluding tert-OH is 1. The van der Waals surface area contributed by atoms with Crippen LogP contribution in [0.15, 0.2) is 0 Å². The molecule has 0 saturated carbocycles. The molecule has 0 spiro atoms. The van der Waals surface area contributed by atoms with Gasteiger partial charge in [-0.3, -0.25) is 9.59 Å². The Labute approximate surface area is 261 Å². The molecule has 0 fully saturated rings. The van der Waals surface area contributed by atoms with E-state index < -0.39 is 6.10 Å². The Kier molecular flexibility index (Phi) is 30.5. The van der Waals surface area contributed by atoms with Gasteiger partial charge in [0.1, 0.15) is 6.61 Å². The number of ether oxygens (including phenoxy) is 2. The first kappa shape index (κ1) is 40.9. The highest BCUT2D eigenvalue weighted by Crippen LogP contribution is 2.17. The summed E-state index contributed by atoms with van der Waals surface area (Å²) in [7, 11) is 0. The molecule has 0 aliphatic carbocycles. The molecule has 0 saturated heterocycles. The minimum absolute atomic E-state index is 0.0598. The van der Waals surface area contributed by atoms with Gasteiger partial charge in [-0.05, 0) is 24.7 Å². The van der Waals surface area contributed by atoms with Crippen molar-refractivity contribution in [3.63, 3.8) is 0 Å². The lowest BCUT2D eigenvalue weighted by Gasteiger charge is -2.15. The average Bonchev–Trinajstić information content (AvgIpc) is 2.97. The lowest BCUT2D eigenvalue weighted by Crippen LogP contribution is -2.28. The van der Waals surface area contributed by atoms with E-state index in [-0.39, 0.29) is 25.2 Å². The fourth-order valence-corrected chi connectivity index (χ4v) is 5.42. The van der Waals surface area contributed by atoms with E-state index in [9.17, 15) is 14.7 Å². The SMILES string of the molecule is CCC(C)CCCCCCCCCCCCCCCCC(=O)OC[C@H](CO)OC(=O)CCCCCCCCCC(C)C. The van der Waals surface area contributed by atoms with Crippen LogP contribution in [-0.4, -0.2) is 36.4 Å². The van der Waals surface area contributed by atoms with Crippen molar-refractivity contribution in [1.82, 2.24) is 0 Å². The third-order valence-corrected chi connectivity index (χ3v) is 8.62. The fourth-order valence-electron chi connectivity index (χ4n) is 5.42. The molecule has 250 valence electrons. The summed E-state index contributed by atoms with van der Waals surface area (Å²) in [5, 5.41) is 9.51. The largest absolute Gasteiger partial charge is 0.462 e. The van der Waals surface area contributed by atoms with Gasteiger partial charge in [0, 0.05) is 12.8 Å². The quantitative estimate of drug-likeness (QED) is 0.0617. The van der Waals surface area contributed by atoms with Crippen LogP contribution in [0.2, 0.25) is 0 Å². The molecule has 1 N–H and O–H groups in total. The highest BCUT2D eigenvalue weighted by atomic mass is 16.6. The van der Waals surface area contributed by atoms with E-state index in [0.29, 0.717) is 12.8 Å². The molecule has 0 heterocycles.